The van der Waals surface area contributed by atoms with Crippen LogP contribution >= 0.6 is 0 Å². The van der Waals surface area contributed by atoms with Crippen molar-refractivity contribution in [1.29, 1.82) is 5.26 Å². The highest BCUT2D eigenvalue weighted by Gasteiger charge is 2.41. The first-order valence-electron chi connectivity index (χ1n) is 7.73. The van der Waals surface area contributed by atoms with E-state index in [2.05, 4.69) is 11.4 Å². The molecule has 1 aromatic carbocycles. The van der Waals surface area contributed by atoms with Crippen LogP contribution in [0.1, 0.15) is 38.5 Å². The first-order chi connectivity index (χ1) is 11.1. The maximum absolute atomic E-state index is 12.3. The van der Waals surface area contributed by atoms with E-state index in [4.69, 9.17) is 9.84 Å². The number of hydrogen-bond donors (Lipinski definition) is 2. The molecule has 0 heterocycles. The third kappa shape index (κ3) is 4.46. The molecule has 0 aromatic heterocycles. The molecule has 1 aliphatic rings. The largest absolute Gasteiger partial charge is 0.494 e. The minimum absolute atomic E-state index is 0.0738. The molecule has 0 bridgehead atoms. The smallest absolute Gasteiger partial charge is 0.303 e. The molecule has 122 valence electrons. The van der Waals surface area contributed by atoms with Gasteiger partial charge in [0.25, 0.3) is 0 Å². The Balaban J connectivity index is 1.86. The number of hydrogen-bond acceptors (Lipinski definition) is 4. The fourth-order valence-corrected chi connectivity index (χ4v) is 2.67. The summed E-state index contributed by atoms with van der Waals surface area (Å²) < 4.78 is 5.43. The lowest BCUT2D eigenvalue weighted by atomic mass is 9.87. The lowest BCUT2D eigenvalue weighted by Crippen LogP contribution is -2.32. The molecule has 1 fully saturated rings. The van der Waals surface area contributed by atoms with Gasteiger partial charge in [0.1, 0.15) is 11.2 Å². The molecular weight excluding hydrogens is 296 g/mol. The second-order valence-corrected chi connectivity index (χ2v) is 5.73. The summed E-state index contributed by atoms with van der Waals surface area (Å²) in [4.78, 5) is 22.7. The number of carboxylic acid groups (broad SMARTS) is 1. The number of aliphatic carboxylic acids is 1. The molecule has 1 aromatic rings. The van der Waals surface area contributed by atoms with E-state index >= 15 is 0 Å². The molecule has 0 radical (unpaired) electrons. The zero-order chi connectivity index (χ0) is 16.7. The van der Waals surface area contributed by atoms with E-state index in [1.807, 2.05) is 0 Å². The molecule has 0 atom stereocenters. The van der Waals surface area contributed by atoms with Crippen molar-refractivity contribution in [3.8, 4) is 11.8 Å². The van der Waals surface area contributed by atoms with Crippen molar-refractivity contribution in [3.63, 3.8) is 0 Å². The van der Waals surface area contributed by atoms with Crippen LogP contribution in [0.15, 0.2) is 24.3 Å². The maximum Gasteiger partial charge on any atom is 0.303 e. The Morgan fingerprint density at radius 3 is 2.48 bits per heavy atom. The Morgan fingerprint density at radius 1 is 1.26 bits per heavy atom. The number of nitriles is 1. The molecule has 1 saturated carbocycles. The van der Waals surface area contributed by atoms with Crippen molar-refractivity contribution in [2.45, 2.75) is 38.5 Å². The van der Waals surface area contributed by atoms with E-state index in [1.54, 1.807) is 24.3 Å². The summed E-state index contributed by atoms with van der Waals surface area (Å²) >= 11 is 0. The number of nitrogens with one attached hydrogen (secondary N) is 1. The third-order valence-electron chi connectivity index (χ3n) is 4.02. The minimum Gasteiger partial charge on any atom is -0.494 e. The quantitative estimate of drug-likeness (QED) is 0.753. The fourth-order valence-electron chi connectivity index (χ4n) is 2.67. The van der Waals surface area contributed by atoms with Gasteiger partial charge in [0.15, 0.2) is 0 Å². The Bertz CT molecular complexity index is 598. The van der Waals surface area contributed by atoms with Crippen LogP contribution in [0, 0.1) is 16.7 Å². The lowest BCUT2D eigenvalue weighted by molar-refractivity contribution is -0.137. The van der Waals surface area contributed by atoms with Crippen LogP contribution in [0.5, 0.6) is 5.75 Å². The van der Waals surface area contributed by atoms with Crippen LogP contribution in [0.25, 0.3) is 0 Å². The summed E-state index contributed by atoms with van der Waals surface area (Å²) in [7, 11) is 0. The number of ether oxygens (including phenoxy) is 1. The Labute approximate surface area is 135 Å². The monoisotopic (exact) mass is 316 g/mol. The van der Waals surface area contributed by atoms with E-state index in [9.17, 15) is 14.9 Å². The number of nitrogens with zero attached hydrogens (tertiary/aromatic N) is 1. The average Bonchev–Trinajstić information content (AvgIpc) is 3.03. The summed E-state index contributed by atoms with van der Waals surface area (Å²) in [6.45, 7) is 0.329. The summed E-state index contributed by atoms with van der Waals surface area (Å²) in [5.74, 6) is -0.470. The number of rotatable bonds is 7. The van der Waals surface area contributed by atoms with E-state index in [-0.39, 0.29) is 12.3 Å². The topological polar surface area (TPSA) is 99.4 Å². The molecule has 0 unspecified atom stereocenters. The number of carbonyl (C=O) groups excluding carboxylic acids is 1. The lowest BCUT2D eigenvalue weighted by Gasteiger charge is -2.19. The zero-order valence-corrected chi connectivity index (χ0v) is 12.9. The number of carbonyl (C=O) groups is 2. The predicted octanol–water partition coefficient (Wildman–Crippen LogP) is 2.95. The van der Waals surface area contributed by atoms with Gasteiger partial charge in [-0.2, -0.15) is 5.26 Å². The van der Waals surface area contributed by atoms with Crippen molar-refractivity contribution < 1.29 is 19.4 Å². The van der Waals surface area contributed by atoms with Crippen molar-refractivity contribution in [1.82, 2.24) is 0 Å². The first-order valence-corrected chi connectivity index (χ1v) is 7.73. The van der Waals surface area contributed by atoms with E-state index in [1.165, 1.54) is 0 Å². The first kappa shape index (κ1) is 16.8. The summed E-state index contributed by atoms with van der Waals surface area (Å²) in [5, 5.41) is 20.6. The highest BCUT2D eigenvalue weighted by molar-refractivity contribution is 5.97. The van der Waals surface area contributed by atoms with Gasteiger partial charge >= 0.3 is 5.97 Å². The molecule has 6 heteroatoms. The number of amides is 1. The molecule has 0 aliphatic heterocycles. The Morgan fingerprint density at radius 2 is 1.91 bits per heavy atom. The van der Waals surface area contributed by atoms with Crippen LogP contribution in [0.3, 0.4) is 0 Å². The van der Waals surface area contributed by atoms with Gasteiger partial charge in [0.2, 0.25) is 5.91 Å². The summed E-state index contributed by atoms with van der Waals surface area (Å²) in [5.41, 5.74) is -0.277. The molecule has 2 rings (SSSR count). The SMILES string of the molecule is N#CC1(C(=O)Nc2ccc(OCCCC(=O)O)cc2)CCCC1. The third-order valence-corrected chi connectivity index (χ3v) is 4.02. The van der Waals surface area contributed by atoms with Gasteiger partial charge in [-0.1, -0.05) is 12.8 Å². The van der Waals surface area contributed by atoms with Gasteiger partial charge in [-0.05, 0) is 43.5 Å². The van der Waals surface area contributed by atoms with Crippen LogP contribution in [-0.4, -0.2) is 23.6 Å². The normalized spacial score (nSPS) is 15.6. The van der Waals surface area contributed by atoms with Crippen LogP contribution in [0.4, 0.5) is 5.69 Å². The van der Waals surface area contributed by atoms with Crippen molar-refractivity contribution in [3.05, 3.63) is 24.3 Å². The van der Waals surface area contributed by atoms with Gasteiger partial charge < -0.3 is 15.2 Å². The van der Waals surface area contributed by atoms with Crippen molar-refractivity contribution in [2.24, 2.45) is 5.41 Å². The van der Waals surface area contributed by atoms with Gasteiger partial charge in [0.05, 0.1) is 12.7 Å². The standard InChI is InChI=1S/C17H20N2O4/c18-12-17(9-1-2-10-17)16(22)19-13-5-7-14(8-6-13)23-11-3-4-15(20)21/h5-8H,1-4,9-11H2,(H,19,22)(H,20,21). The van der Waals surface area contributed by atoms with Crippen LogP contribution in [0.2, 0.25) is 0 Å². The highest BCUT2D eigenvalue weighted by Crippen LogP contribution is 2.38. The Kier molecular flexibility index (Phi) is 5.58. The van der Waals surface area contributed by atoms with E-state index in [0.717, 1.165) is 12.8 Å². The number of anilines is 1. The van der Waals surface area contributed by atoms with Crippen LogP contribution in [-0.2, 0) is 9.59 Å². The maximum atomic E-state index is 12.3. The highest BCUT2D eigenvalue weighted by atomic mass is 16.5. The molecule has 2 N–H and O–H groups in total. The van der Waals surface area contributed by atoms with Crippen molar-refractivity contribution >= 4 is 17.6 Å². The summed E-state index contributed by atoms with van der Waals surface area (Å²) in [6, 6.07) is 9.02. The van der Waals surface area contributed by atoms with E-state index < -0.39 is 11.4 Å². The van der Waals surface area contributed by atoms with Gasteiger partial charge in [-0.3, -0.25) is 9.59 Å². The predicted molar refractivity (Wildman–Crippen MR) is 84.0 cm³/mol. The number of benzene rings is 1. The Hall–Kier alpha value is -2.55. The molecule has 0 spiro atoms. The molecule has 6 nitrogen and oxygen atoms in total. The molecule has 23 heavy (non-hydrogen) atoms. The molecular formula is C17H20N2O4. The van der Waals surface area contributed by atoms with E-state index in [0.29, 0.717) is 37.3 Å². The fraction of sp³-hybridized carbons (Fsp3) is 0.471. The number of carboxylic acids is 1. The molecule has 1 aliphatic carbocycles. The van der Waals surface area contributed by atoms with Crippen molar-refractivity contribution in [2.75, 3.05) is 11.9 Å². The second-order valence-electron chi connectivity index (χ2n) is 5.73. The molecule has 0 saturated heterocycles. The van der Waals surface area contributed by atoms with Gasteiger partial charge in [0, 0.05) is 12.1 Å². The van der Waals surface area contributed by atoms with Crippen LogP contribution < -0.4 is 10.1 Å². The zero-order valence-electron chi connectivity index (χ0n) is 12.9. The second kappa shape index (κ2) is 7.63. The average molecular weight is 316 g/mol. The van der Waals surface area contributed by atoms with Gasteiger partial charge in [-0.15, -0.1) is 0 Å². The summed E-state index contributed by atoms with van der Waals surface area (Å²) in [6.07, 6.45) is 3.55. The molecule has 1 amide bonds. The minimum atomic E-state index is -0.897. The van der Waals surface area contributed by atoms with Gasteiger partial charge in [-0.25, -0.2) is 0 Å².